The topological polar surface area (TPSA) is 112 Å². The summed E-state index contributed by atoms with van der Waals surface area (Å²) < 4.78 is 5.26. The Kier molecular flexibility index (Phi) is 4.57. The molecule has 2 aromatic rings. The first-order valence-electron chi connectivity index (χ1n) is 9.27. The van der Waals surface area contributed by atoms with Gasteiger partial charge in [-0.05, 0) is 49.7 Å². The van der Waals surface area contributed by atoms with Gasteiger partial charge in [0.1, 0.15) is 12.3 Å². The van der Waals surface area contributed by atoms with E-state index in [1.165, 1.54) is 13.2 Å². The van der Waals surface area contributed by atoms with Crippen molar-refractivity contribution in [3.63, 3.8) is 0 Å². The third-order valence-electron chi connectivity index (χ3n) is 5.13. The molecule has 3 heterocycles. The van der Waals surface area contributed by atoms with E-state index in [0.717, 1.165) is 17.0 Å². The number of benzene rings is 1. The second kappa shape index (κ2) is 7.08. The minimum Gasteiger partial charge on any atom is -0.466 e. The Labute approximate surface area is 166 Å². The first-order chi connectivity index (χ1) is 13.9. The van der Waals surface area contributed by atoms with E-state index in [1.807, 2.05) is 0 Å². The fraction of sp³-hybridized carbons (Fsp3) is 0.300. The number of imide groups is 1. The molecule has 2 saturated heterocycles. The highest BCUT2D eigenvalue weighted by Crippen LogP contribution is 2.29. The van der Waals surface area contributed by atoms with Gasteiger partial charge in [-0.15, -0.1) is 0 Å². The van der Waals surface area contributed by atoms with Crippen LogP contribution in [0.1, 0.15) is 25.5 Å². The maximum absolute atomic E-state index is 12.7. The summed E-state index contributed by atoms with van der Waals surface area (Å²) >= 11 is 0. The van der Waals surface area contributed by atoms with E-state index in [-0.39, 0.29) is 5.91 Å². The molecule has 150 valence electrons. The van der Waals surface area contributed by atoms with Crippen LogP contribution in [0.25, 0.3) is 0 Å². The number of furan rings is 1. The van der Waals surface area contributed by atoms with E-state index in [9.17, 15) is 19.2 Å². The van der Waals surface area contributed by atoms with Crippen molar-refractivity contribution in [2.45, 2.75) is 25.3 Å². The van der Waals surface area contributed by atoms with Crippen molar-refractivity contribution in [2.24, 2.45) is 0 Å². The van der Waals surface area contributed by atoms with Crippen LogP contribution in [0.15, 0.2) is 47.1 Å². The quantitative estimate of drug-likeness (QED) is 0.749. The third kappa shape index (κ3) is 3.35. The molecular formula is C20H20N4O5. The molecule has 2 aliphatic heterocycles. The van der Waals surface area contributed by atoms with Crippen molar-refractivity contribution < 1.29 is 23.6 Å². The Morgan fingerprint density at radius 1 is 1.21 bits per heavy atom. The van der Waals surface area contributed by atoms with Crippen molar-refractivity contribution in [3.8, 4) is 0 Å². The van der Waals surface area contributed by atoms with Crippen LogP contribution in [-0.2, 0) is 19.9 Å². The molecule has 9 nitrogen and oxygen atoms in total. The van der Waals surface area contributed by atoms with E-state index in [0.29, 0.717) is 24.4 Å². The summed E-state index contributed by atoms with van der Waals surface area (Å²) in [5, 5.41) is 5.23. The van der Waals surface area contributed by atoms with Crippen LogP contribution in [0.2, 0.25) is 0 Å². The van der Waals surface area contributed by atoms with Crippen LogP contribution in [-0.4, -0.2) is 41.7 Å². The number of rotatable bonds is 5. The second-order valence-electron chi connectivity index (χ2n) is 7.17. The number of nitrogens with one attached hydrogen (secondary N) is 2. The number of carbonyl (C=O) groups is 4. The van der Waals surface area contributed by atoms with Crippen LogP contribution < -0.4 is 15.5 Å². The molecule has 9 heteroatoms. The van der Waals surface area contributed by atoms with Crippen LogP contribution >= 0.6 is 0 Å². The predicted molar refractivity (Wildman–Crippen MR) is 103 cm³/mol. The smallest absolute Gasteiger partial charge is 0.325 e. The second-order valence-corrected chi connectivity index (χ2v) is 7.17. The van der Waals surface area contributed by atoms with E-state index >= 15 is 0 Å². The number of anilines is 2. The summed E-state index contributed by atoms with van der Waals surface area (Å²) in [6.07, 6.45) is 2.79. The monoisotopic (exact) mass is 396 g/mol. The molecule has 0 bridgehead atoms. The van der Waals surface area contributed by atoms with E-state index in [2.05, 4.69) is 10.6 Å². The van der Waals surface area contributed by atoms with Crippen LogP contribution in [0.4, 0.5) is 16.2 Å². The predicted octanol–water partition coefficient (Wildman–Crippen LogP) is 1.81. The first kappa shape index (κ1) is 18.7. The molecule has 0 aliphatic carbocycles. The van der Waals surface area contributed by atoms with Crippen molar-refractivity contribution in [1.29, 1.82) is 0 Å². The van der Waals surface area contributed by atoms with Gasteiger partial charge in [0, 0.05) is 24.3 Å². The summed E-state index contributed by atoms with van der Waals surface area (Å²) in [5.41, 5.74) is -0.0647. The molecule has 2 fully saturated rings. The van der Waals surface area contributed by atoms with Gasteiger partial charge in [0.05, 0.1) is 6.26 Å². The Bertz CT molecular complexity index is 969. The van der Waals surface area contributed by atoms with Gasteiger partial charge in [-0.25, -0.2) is 4.79 Å². The van der Waals surface area contributed by atoms with E-state index in [1.54, 1.807) is 41.3 Å². The van der Waals surface area contributed by atoms with Gasteiger partial charge in [-0.3, -0.25) is 19.3 Å². The SMILES string of the molecule is C[C@]1(c2ccco2)NC(=O)N(CC(=O)Nc2ccc(N3CCCC3=O)cc2)C1=O. The number of hydrogen-bond donors (Lipinski definition) is 2. The molecule has 0 spiro atoms. The molecule has 0 saturated carbocycles. The molecule has 1 aromatic heterocycles. The molecule has 29 heavy (non-hydrogen) atoms. The minimum absolute atomic E-state index is 0.0833. The Balaban J connectivity index is 1.40. The van der Waals surface area contributed by atoms with Crippen molar-refractivity contribution in [3.05, 3.63) is 48.4 Å². The average molecular weight is 396 g/mol. The number of nitrogens with zero attached hydrogens (tertiary/aromatic N) is 2. The fourth-order valence-corrected chi connectivity index (χ4v) is 3.56. The Hall–Kier alpha value is -3.62. The molecular weight excluding hydrogens is 376 g/mol. The Morgan fingerprint density at radius 3 is 2.59 bits per heavy atom. The lowest BCUT2D eigenvalue weighted by Crippen LogP contribution is -2.41. The van der Waals surface area contributed by atoms with E-state index in [4.69, 9.17) is 4.42 Å². The van der Waals surface area contributed by atoms with E-state index < -0.39 is 29.9 Å². The highest BCUT2D eigenvalue weighted by Gasteiger charge is 2.51. The standard InChI is InChI=1S/C20H20N4O5/c1-20(15-4-3-11-29-15)18(27)24(19(28)22-20)12-16(25)21-13-6-8-14(9-7-13)23-10-2-5-17(23)26/h3-4,6-9,11H,2,5,10,12H2,1H3,(H,21,25)(H,22,28)/t20-/m1/s1. The summed E-state index contributed by atoms with van der Waals surface area (Å²) in [5.74, 6) is -0.691. The minimum atomic E-state index is -1.34. The fourth-order valence-electron chi connectivity index (χ4n) is 3.56. The molecule has 0 radical (unpaired) electrons. The Morgan fingerprint density at radius 2 is 1.97 bits per heavy atom. The van der Waals surface area contributed by atoms with Gasteiger partial charge in [0.15, 0.2) is 5.54 Å². The molecule has 0 unspecified atom stereocenters. The number of carbonyl (C=O) groups excluding carboxylic acids is 4. The van der Waals surface area contributed by atoms with Gasteiger partial charge in [0.2, 0.25) is 11.8 Å². The van der Waals surface area contributed by atoms with Crippen molar-refractivity contribution in [2.75, 3.05) is 23.3 Å². The maximum Gasteiger partial charge on any atom is 0.325 e. The van der Waals surface area contributed by atoms with Gasteiger partial charge in [-0.1, -0.05) is 0 Å². The summed E-state index contributed by atoms with van der Waals surface area (Å²) in [7, 11) is 0. The largest absolute Gasteiger partial charge is 0.466 e. The zero-order chi connectivity index (χ0) is 20.6. The van der Waals surface area contributed by atoms with Crippen molar-refractivity contribution >= 4 is 35.1 Å². The molecule has 1 aromatic carbocycles. The number of hydrogen-bond acceptors (Lipinski definition) is 5. The summed E-state index contributed by atoms with van der Waals surface area (Å²) in [6, 6.07) is 9.41. The maximum atomic E-state index is 12.7. The van der Waals surface area contributed by atoms with Gasteiger partial charge in [-0.2, -0.15) is 0 Å². The van der Waals surface area contributed by atoms with Gasteiger partial charge >= 0.3 is 6.03 Å². The van der Waals surface area contributed by atoms with Crippen LogP contribution in [0, 0.1) is 0 Å². The third-order valence-corrected chi connectivity index (χ3v) is 5.13. The molecule has 2 N–H and O–H groups in total. The highest BCUT2D eigenvalue weighted by molar-refractivity contribution is 6.10. The van der Waals surface area contributed by atoms with Crippen LogP contribution in [0.5, 0.6) is 0 Å². The summed E-state index contributed by atoms with van der Waals surface area (Å²) in [6.45, 7) is 1.79. The van der Waals surface area contributed by atoms with Gasteiger partial charge < -0.3 is 20.0 Å². The average Bonchev–Trinajstić information content (AvgIpc) is 3.41. The zero-order valence-electron chi connectivity index (χ0n) is 15.8. The first-order valence-corrected chi connectivity index (χ1v) is 9.27. The molecule has 1 atom stereocenters. The normalized spacial score (nSPS) is 21.6. The molecule has 5 amide bonds. The zero-order valence-corrected chi connectivity index (χ0v) is 15.8. The lowest BCUT2D eigenvalue weighted by Gasteiger charge is -2.19. The summed E-state index contributed by atoms with van der Waals surface area (Å²) in [4.78, 5) is 51.7. The number of urea groups is 1. The molecule has 2 aliphatic rings. The van der Waals surface area contributed by atoms with Crippen molar-refractivity contribution in [1.82, 2.24) is 10.2 Å². The number of amides is 5. The van der Waals surface area contributed by atoms with Gasteiger partial charge in [0.25, 0.3) is 5.91 Å². The highest BCUT2D eigenvalue weighted by atomic mass is 16.3. The lowest BCUT2D eigenvalue weighted by molar-refractivity contribution is -0.134. The molecule has 4 rings (SSSR count). The lowest BCUT2D eigenvalue weighted by atomic mass is 9.99. The van der Waals surface area contributed by atoms with Crippen LogP contribution in [0.3, 0.4) is 0 Å².